The minimum absolute atomic E-state index is 0.206. The van der Waals surface area contributed by atoms with E-state index in [1.807, 2.05) is 0 Å². The Kier molecular flexibility index (Phi) is 2.51. The lowest BCUT2D eigenvalue weighted by molar-refractivity contribution is 0.0692. The van der Waals surface area contributed by atoms with E-state index in [4.69, 9.17) is 5.11 Å². The molecule has 0 amide bonds. The third kappa shape index (κ3) is 1.77. The molecular weight excluding hydrogens is 173 g/mol. The number of hydrogen-bond acceptors (Lipinski definition) is 2. The molecule has 0 unspecified atom stereocenters. The number of carboxylic acids is 1. The molecule has 1 aromatic carbocycles. The first-order valence-electron chi connectivity index (χ1n) is 3.77. The summed E-state index contributed by atoms with van der Waals surface area (Å²) in [6.45, 7) is 1.72. The lowest BCUT2D eigenvalue weighted by Gasteiger charge is -2.06. The number of carboxylic acid groups (broad SMARTS) is 1. The summed E-state index contributed by atoms with van der Waals surface area (Å²) in [4.78, 5) is 10.6. The molecule has 0 heterocycles. The molecule has 0 radical (unpaired) electrons. The van der Waals surface area contributed by atoms with Crippen molar-refractivity contribution < 1.29 is 14.3 Å². The highest BCUT2D eigenvalue weighted by molar-refractivity contribution is 5.89. The molecule has 4 heteroatoms. The number of anilines is 1. The molecule has 0 spiro atoms. The summed E-state index contributed by atoms with van der Waals surface area (Å²) in [7, 11) is 1.55. The Hall–Kier alpha value is -1.58. The van der Waals surface area contributed by atoms with Crippen LogP contribution >= 0.6 is 0 Å². The number of aryl methyl sites for hydroxylation is 1. The number of benzene rings is 1. The second-order valence-corrected chi connectivity index (χ2v) is 2.73. The average Bonchev–Trinajstić information content (AvgIpc) is 2.08. The number of aromatic carboxylic acids is 1. The van der Waals surface area contributed by atoms with Crippen LogP contribution in [0.3, 0.4) is 0 Å². The molecule has 0 bridgehead atoms. The van der Waals surface area contributed by atoms with Crippen LogP contribution in [0.2, 0.25) is 0 Å². The lowest BCUT2D eigenvalue weighted by atomic mass is 10.1. The van der Waals surface area contributed by atoms with Crippen molar-refractivity contribution in [3.63, 3.8) is 0 Å². The zero-order valence-electron chi connectivity index (χ0n) is 7.39. The van der Waals surface area contributed by atoms with E-state index in [2.05, 4.69) is 5.32 Å². The molecule has 2 N–H and O–H groups in total. The molecule has 0 saturated carbocycles. The Balaban J connectivity index is 3.35. The third-order valence-corrected chi connectivity index (χ3v) is 1.72. The average molecular weight is 183 g/mol. The van der Waals surface area contributed by atoms with E-state index in [0.717, 1.165) is 0 Å². The normalized spacial score (nSPS) is 9.77. The maximum absolute atomic E-state index is 13.3. The Bertz CT molecular complexity index is 350. The summed E-state index contributed by atoms with van der Waals surface area (Å²) < 4.78 is 13.3. The molecule has 0 fully saturated rings. The van der Waals surface area contributed by atoms with Gasteiger partial charge in [0.25, 0.3) is 0 Å². The molecule has 0 aliphatic carbocycles. The Morgan fingerprint density at radius 1 is 1.54 bits per heavy atom. The number of nitrogens with one attached hydrogen (secondary N) is 1. The lowest BCUT2D eigenvalue weighted by Crippen LogP contribution is -2.04. The van der Waals surface area contributed by atoms with Gasteiger partial charge in [-0.15, -0.1) is 0 Å². The number of rotatable bonds is 2. The quantitative estimate of drug-likeness (QED) is 0.735. The molecule has 0 aliphatic heterocycles. The molecule has 0 aliphatic rings. The van der Waals surface area contributed by atoms with Crippen molar-refractivity contribution in [2.75, 3.05) is 12.4 Å². The van der Waals surface area contributed by atoms with Gasteiger partial charge in [0.2, 0.25) is 0 Å². The zero-order chi connectivity index (χ0) is 10.0. The van der Waals surface area contributed by atoms with E-state index in [-0.39, 0.29) is 11.3 Å². The van der Waals surface area contributed by atoms with Gasteiger partial charge in [-0.25, -0.2) is 9.18 Å². The van der Waals surface area contributed by atoms with Crippen LogP contribution < -0.4 is 5.32 Å². The van der Waals surface area contributed by atoms with Crippen molar-refractivity contribution in [3.05, 3.63) is 29.1 Å². The molecule has 0 saturated heterocycles. The summed E-state index contributed by atoms with van der Waals surface area (Å²) in [5, 5.41) is 11.2. The Morgan fingerprint density at radius 2 is 2.15 bits per heavy atom. The fourth-order valence-corrected chi connectivity index (χ4v) is 1.11. The topological polar surface area (TPSA) is 49.3 Å². The van der Waals surface area contributed by atoms with Crippen LogP contribution in [0.25, 0.3) is 0 Å². The van der Waals surface area contributed by atoms with Crippen LogP contribution in [0.5, 0.6) is 0 Å². The molecule has 0 aromatic heterocycles. The van der Waals surface area contributed by atoms with Gasteiger partial charge in [-0.1, -0.05) is 0 Å². The standard InChI is InChI=1S/C9H10FNO2/c1-5-3-6(9(12)13)8(10)7(4-5)11-2/h3-4,11H,1-2H3,(H,12,13). The maximum Gasteiger partial charge on any atom is 0.338 e. The number of carbonyl (C=O) groups is 1. The molecule has 3 nitrogen and oxygen atoms in total. The Labute approximate surface area is 75.2 Å². The third-order valence-electron chi connectivity index (χ3n) is 1.72. The minimum atomic E-state index is -1.25. The van der Waals surface area contributed by atoms with Gasteiger partial charge < -0.3 is 10.4 Å². The van der Waals surface area contributed by atoms with Crippen LogP contribution in [0.1, 0.15) is 15.9 Å². The minimum Gasteiger partial charge on any atom is -0.478 e. The van der Waals surface area contributed by atoms with Gasteiger partial charge >= 0.3 is 5.97 Å². The predicted octanol–water partition coefficient (Wildman–Crippen LogP) is 1.87. The molecular formula is C9H10FNO2. The van der Waals surface area contributed by atoms with Crippen molar-refractivity contribution >= 4 is 11.7 Å². The summed E-state index contributed by atoms with van der Waals surface area (Å²) in [6.07, 6.45) is 0. The molecule has 1 rings (SSSR count). The predicted molar refractivity (Wildman–Crippen MR) is 47.6 cm³/mol. The Morgan fingerprint density at radius 3 is 2.62 bits per heavy atom. The van der Waals surface area contributed by atoms with Gasteiger partial charge in [-0.3, -0.25) is 0 Å². The van der Waals surface area contributed by atoms with Crippen molar-refractivity contribution in [1.29, 1.82) is 0 Å². The van der Waals surface area contributed by atoms with E-state index in [1.54, 1.807) is 20.0 Å². The molecule has 70 valence electrons. The van der Waals surface area contributed by atoms with E-state index >= 15 is 0 Å². The first-order valence-corrected chi connectivity index (χ1v) is 3.77. The smallest absolute Gasteiger partial charge is 0.338 e. The number of hydrogen-bond donors (Lipinski definition) is 2. The summed E-state index contributed by atoms with van der Waals surface area (Å²) >= 11 is 0. The van der Waals surface area contributed by atoms with Gasteiger partial charge in [0.15, 0.2) is 5.82 Å². The highest BCUT2D eigenvalue weighted by Gasteiger charge is 2.13. The van der Waals surface area contributed by atoms with Gasteiger partial charge in [-0.2, -0.15) is 0 Å². The second kappa shape index (κ2) is 3.43. The van der Waals surface area contributed by atoms with Gasteiger partial charge in [0.05, 0.1) is 11.3 Å². The first kappa shape index (κ1) is 9.51. The maximum atomic E-state index is 13.3. The summed E-state index contributed by atoms with van der Waals surface area (Å²) in [5.74, 6) is -1.97. The molecule has 13 heavy (non-hydrogen) atoms. The van der Waals surface area contributed by atoms with Crippen LogP contribution in [-0.2, 0) is 0 Å². The SMILES string of the molecule is CNc1cc(C)cc(C(=O)O)c1F. The van der Waals surface area contributed by atoms with E-state index in [1.165, 1.54) is 6.07 Å². The van der Waals surface area contributed by atoms with E-state index in [0.29, 0.717) is 5.56 Å². The monoisotopic (exact) mass is 183 g/mol. The fraction of sp³-hybridized carbons (Fsp3) is 0.222. The summed E-state index contributed by atoms with van der Waals surface area (Å²) in [5.41, 5.74) is 0.616. The second-order valence-electron chi connectivity index (χ2n) is 2.73. The summed E-state index contributed by atoms with van der Waals surface area (Å²) in [6, 6.07) is 2.86. The van der Waals surface area contributed by atoms with Crippen molar-refractivity contribution in [2.45, 2.75) is 6.92 Å². The van der Waals surface area contributed by atoms with E-state index in [9.17, 15) is 9.18 Å². The van der Waals surface area contributed by atoms with Crippen LogP contribution in [0, 0.1) is 12.7 Å². The largest absolute Gasteiger partial charge is 0.478 e. The first-order chi connectivity index (χ1) is 6.06. The molecule has 1 aromatic rings. The molecule has 0 atom stereocenters. The van der Waals surface area contributed by atoms with Gasteiger partial charge in [0.1, 0.15) is 0 Å². The van der Waals surface area contributed by atoms with Crippen LogP contribution in [0.4, 0.5) is 10.1 Å². The van der Waals surface area contributed by atoms with E-state index < -0.39 is 11.8 Å². The van der Waals surface area contributed by atoms with Gasteiger partial charge in [-0.05, 0) is 24.6 Å². The van der Waals surface area contributed by atoms with Crippen molar-refractivity contribution in [2.24, 2.45) is 0 Å². The highest BCUT2D eigenvalue weighted by atomic mass is 19.1. The van der Waals surface area contributed by atoms with Crippen LogP contribution in [-0.4, -0.2) is 18.1 Å². The van der Waals surface area contributed by atoms with Crippen molar-refractivity contribution in [1.82, 2.24) is 0 Å². The van der Waals surface area contributed by atoms with Gasteiger partial charge in [0, 0.05) is 7.05 Å². The highest BCUT2D eigenvalue weighted by Crippen LogP contribution is 2.19. The van der Waals surface area contributed by atoms with Crippen molar-refractivity contribution in [3.8, 4) is 0 Å². The number of halogens is 1. The zero-order valence-corrected chi connectivity index (χ0v) is 7.39. The fourth-order valence-electron chi connectivity index (χ4n) is 1.11. The van der Waals surface area contributed by atoms with Crippen LogP contribution in [0.15, 0.2) is 12.1 Å².